The van der Waals surface area contributed by atoms with Crippen molar-refractivity contribution in [2.24, 2.45) is 0 Å². The predicted octanol–water partition coefficient (Wildman–Crippen LogP) is 1.34. The van der Waals surface area contributed by atoms with E-state index in [2.05, 4.69) is 10.3 Å². The molecule has 2 rings (SSSR count). The van der Waals surface area contributed by atoms with Gasteiger partial charge in [-0.25, -0.2) is 4.98 Å². The van der Waals surface area contributed by atoms with Gasteiger partial charge in [0, 0.05) is 12.7 Å². The van der Waals surface area contributed by atoms with E-state index >= 15 is 0 Å². The minimum atomic E-state index is -0.474. The van der Waals surface area contributed by atoms with Gasteiger partial charge in [-0.2, -0.15) is 0 Å². The Kier molecular flexibility index (Phi) is 3.60. The van der Waals surface area contributed by atoms with Gasteiger partial charge in [0.25, 0.3) is 5.91 Å². The Morgan fingerprint density at radius 3 is 2.94 bits per heavy atom. The van der Waals surface area contributed by atoms with Crippen LogP contribution in [0.15, 0.2) is 18.3 Å². The van der Waals surface area contributed by atoms with E-state index in [1.54, 1.807) is 6.20 Å². The maximum Gasteiger partial charge on any atom is 0.252 e. The number of aromatic nitrogens is 1. The van der Waals surface area contributed by atoms with Gasteiger partial charge in [0.15, 0.2) is 0 Å². The molecule has 0 aliphatic carbocycles. The van der Waals surface area contributed by atoms with Crippen molar-refractivity contribution in [3.8, 4) is 0 Å². The molecule has 1 aromatic heterocycles. The fourth-order valence-electron chi connectivity index (χ4n) is 2.06. The number of aryl methyl sites for hydroxylation is 1. The SMILES string of the molecule is CCCN1C(=O)CC(Nc2ncccc2C)C1=O. The molecule has 0 radical (unpaired) electrons. The molecular weight excluding hydrogens is 230 g/mol. The molecule has 5 nitrogen and oxygen atoms in total. The Bertz CT molecular complexity index is 473. The lowest BCUT2D eigenvalue weighted by atomic mass is 10.2. The summed E-state index contributed by atoms with van der Waals surface area (Å²) in [5.74, 6) is 0.418. The number of pyridine rings is 1. The second-order valence-corrected chi connectivity index (χ2v) is 4.45. The van der Waals surface area contributed by atoms with E-state index in [1.807, 2.05) is 26.0 Å². The summed E-state index contributed by atoms with van der Waals surface area (Å²) in [4.78, 5) is 29.2. The molecule has 2 heterocycles. The van der Waals surface area contributed by atoms with Crippen molar-refractivity contribution in [2.75, 3.05) is 11.9 Å². The molecule has 0 saturated carbocycles. The van der Waals surface area contributed by atoms with Crippen molar-refractivity contribution in [3.63, 3.8) is 0 Å². The van der Waals surface area contributed by atoms with Crippen LogP contribution in [0.3, 0.4) is 0 Å². The van der Waals surface area contributed by atoms with Gasteiger partial charge in [-0.15, -0.1) is 0 Å². The summed E-state index contributed by atoms with van der Waals surface area (Å²) in [6.07, 6.45) is 2.67. The lowest BCUT2D eigenvalue weighted by Crippen LogP contribution is -2.35. The number of hydrogen-bond donors (Lipinski definition) is 1. The Balaban J connectivity index is 2.10. The van der Waals surface area contributed by atoms with Crippen LogP contribution in [0, 0.1) is 6.92 Å². The van der Waals surface area contributed by atoms with Gasteiger partial charge in [0.2, 0.25) is 5.91 Å². The van der Waals surface area contributed by atoms with Crippen molar-refractivity contribution in [3.05, 3.63) is 23.9 Å². The van der Waals surface area contributed by atoms with E-state index in [0.717, 1.165) is 12.0 Å². The van der Waals surface area contributed by atoms with E-state index in [9.17, 15) is 9.59 Å². The summed E-state index contributed by atoms with van der Waals surface area (Å²) >= 11 is 0. The molecule has 0 bridgehead atoms. The highest BCUT2D eigenvalue weighted by Crippen LogP contribution is 2.19. The fourth-order valence-corrected chi connectivity index (χ4v) is 2.06. The first-order chi connectivity index (χ1) is 8.63. The van der Waals surface area contributed by atoms with Crippen LogP contribution in [0.2, 0.25) is 0 Å². The third kappa shape index (κ3) is 2.34. The Labute approximate surface area is 106 Å². The van der Waals surface area contributed by atoms with Gasteiger partial charge in [0.1, 0.15) is 11.9 Å². The third-order valence-corrected chi connectivity index (χ3v) is 3.01. The first-order valence-electron chi connectivity index (χ1n) is 6.16. The number of rotatable bonds is 4. The monoisotopic (exact) mass is 247 g/mol. The molecule has 1 saturated heterocycles. The average molecular weight is 247 g/mol. The van der Waals surface area contributed by atoms with Gasteiger partial charge in [-0.3, -0.25) is 14.5 Å². The number of anilines is 1. The molecule has 1 aliphatic heterocycles. The number of carbonyl (C=O) groups is 2. The van der Waals surface area contributed by atoms with Crippen LogP contribution in [0.25, 0.3) is 0 Å². The number of imide groups is 1. The third-order valence-electron chi connectivity index (χ3n) is 3.01. The number of hydrogen-bond acceptors (Lipinski definition) is 4. The highest BCUT2D eigenvalue weighted by molar-refractivity contribution is 6.06. The number of nitrogens with one attached hydrogen (secondary N) is 1. The maximum atomic E-state index is 12.0. The van der Waals surface area contributed by atoms with Crippen LogP contribution >= 0.6 is 0 Å². The van der Waals surface area contributed by atoms with Crippen molar-refractivity contribution >= 4 is 17.6 Å². The van der Waals surface area contributed by atoms with Crippen LogP contribution in [-0.4, -0.2) is 34.3 Å². The van der Waals surface area contributed by atoms with Gasteiger partial charge < -0.3 is 5.32 Å². The second-order valence-electron chi connectivity index (χ2n) is 4.45. The van der Waals surface area contributed by atoms with Crippen LogP contribution in [0.4, 0.5) is 5.82 Å². The highest BCUT2D eigenvalue weighted by Gasteiger charge is 2.38. The molecule has 1 fully saturated rings. The lowest BCUT2D eigenvalue weighted by Gasteiger charge is -2.15. The van der Waals surface area contributed by atoms with E-state index in [0.29, 0.717) is 12.4 Å². The first-order valence-corrected chi connectivity index (χ1v) is 6.16. The lowest BCUT2D eigenvalue weighted by molar-refractivity contribution is -0.138. The van der Waals surface area contributed by atoms with E-state index in [4.69, 9.17) is 0 Å². The van der Waals surface area contributed by atoms with Crippen molar-refractivity contribution in [1.82, 2.24) is 9.88 Å². The Morgan fingerprint density at radius 2 is 2.28 bits per heavy atom. The largest absolute Gasteiger partial charge is 0.358 e. The molecule has 0 spiro atoms. The minimum absolute atomic E-state index is 0.104. The van der Waals surface area contributed by atoms with Gasteiger partial charge in [-0.05, 0) is 25.0 Å². The van der Waals surface area contributed by atoms with Crippen LogP contribution in [0.5, 0.6) is 0 Å². The van der Waals surface area contributed by atoms with Crippen LogP contribution < -0.4 is 5.32 Å². The Hall–Kier alpha value is -1.91. The summed E-state index contributed by atoms with van der Waals surface area (Å²) in [7, 11) is 0. The zero-order valence-electron chi connectivity index (χ0n) is 10.6. The molecule has 5 heteroatoms. The van der Waals surface area contributed by atoms with Gasteiger partial charge >= 0.3 is 0 Å². The highest BCUT2D eigenvalue weighted by atomic mass is 16.2. The van der Waals surface area contributed by atoms with E-state index in [1.165, 1.54) is 4.90 Å². The van der Waals surface area contributed by atoms with Crippen LogP contribution in [0.1, 0.15) is 25.3 Å². The smallest absolute Gasteiger partial charge is 0.252 e. The van der Waals surface area contributed by atoms with Crippen molar-refractivity contribution < 1.29 is 9.59 Å². The molecule has 18 heavy (non-hydrogen) atoms. The molecule has 0 aromatic carbocycles. The second kappa shape index (κ2) is 5.16. The van der Waals surface area contributed by atoms with Crippen LogP contribution in [-0.2, 0) is 9.59 Å². The topological polar surface area (TPSA) is 62.3 Å². The number of carbonyl (C=O) groups excluding carboxylic acids is 2. The summed E-state index contributed by atoms with van der Waals surface area (Å²) in [6, 6.07) is 3.28. The summed E-state index contributed by atoms with van der Waals surface area (Å²) in [5, 5.41) is 3.05. The molecule has 1 unspecified atom stereocenters. The van der Waals surface area contributed by atoms with Crippen molar-refractivity contribution in [1.29, 1.82) is 0 Å². The number of nitrogens with zero attached hydrogens (tertiary/aromatic N) is 2. The summed E-state index contributed by atoms with van der Waals surface area (Å²) in [5.41, 5.74) is 0.965. The molecule has 2 amide bonds. The van der Waals surface area contributed by atoms with Gasteiger partial charge in [0.05, 0.1) is 6.42 Å². The normalized spacial score (nSPS) is 19.4. The zero-order chi connectivity index (χ0) is 13.1. The molecule has 96 valence electrons. The fraction of sp³-hybridized carbons (Fsp3) is 0.462. The molecule has 1 N–H and O–H groups in total. The maximum absolute atomic E-state index is 12.0. The Morgan fingerprint density at radius 1 is 1.50 bits per heavy atom. The first kappa shape index (κ1) is 12.5. The molecule has 1 atom stereocenters. The van der Waals surface area contributed by atoms with E-state index < -0.39 is 6.04 Å². The summed E-state index contributed by atoms with van der Waals surface area (Å²) < 4.78 is 0. The summed E-state index contributed by atoms with van der Waals surface area (Å²) in [6.45, 7) is 4.36. The average Bonchev–Trinajstić information content (AvgIpc) is 2.60. The number of amides is 2. The number of likely N-dealkylation sites (tertiary alicyclic amines) is 1. The molecule has 1 aromatic rings. The van der Waals surface area contributed by atoms with E-state index in [-0.39, 0.29) is 18.2 Å². The van der Waals surface area contributed by atoms with Gasteiger partial charge in [-0.1, -0.05) is 13.0 Å². The standard InChI is InChI=1S/C13H17N3O2/c1-3-7-16-11(17)8-10(13(16)18)15-12-9(2)5-4-6-14-12/h4-6,10H,3,7-8H2,1-2H3,(H,14,15). The quantitative estimate of drug-likeness (QED) is 0.816. The molecular formula is C13H17N3O2. The van der Waals surface area contributed by atoms with Crippen molar-refractivity contribution in [2.45, 2.75) is 32.7 Å². The minimum Gasteiger partial charge on any atom is -0.358 e. The predicted molar refractivity (Wildman–Crippen MR) is 68.0 cm³/mol. The molecule has 1 aliphatic rings. The zero-order valence-corrected chi connectivity index (χ0v) is 10.6.